The van der Waals surface area contributed by atoms with E-state index in [4.69, 9.17) is 17.3 Å². The molecule has 0 saturated heterocycles. The van der Waals surface area contributed by atoms with Gasteiger partial charge in [-0.2, -0.15) is 5.10 Å². The van der Waals surface area contributed by atoms with E-state index in [1.165, 1.54) is 12.8 Å². The van der Waals surface area contributed by atoms with Crippen molar-refractivity contribution in [3.05, 3.63) is 41.0 Å². The number of hydrogen-bond acceptors (Lipinski definition) is 3. The number of nitrogens with two attached hydrogens (primary N) is 1. The van der Waals surface area contributed by atoms with Crippen molar-refractivity contribution in [1.29, 1.82) is 0 Å². The van der Waals surface area contributed by atoms with Crippen LogP contribution in [0, 0.1) is 0 Å². The van der Waals surface area contributed by atoms with Gasteiger partial charge < -0.3 is 5.73 Å². The molecule has 1 aliphatic carbocycles. The van der Waals surface area contributed by atoms with Crippen molar-refractivity contribution < 1.29 is 0 Å². The molecule has 4 heteroatoms. The molecule has 1 saturated carbocycles. The molecule has 17 heavy (non-hydrogen) atoms. The molecule has 86 valence electrons. The van der Waals surface area contributed by atoms with E-state index in [1.807, 2.05) is 30.3 Å². The zero-order valence-electron chi connectivity index (χ0n) is 9.23. The van der Waals surface area contributed by atoms with E-state index < -0.39 is 0 Å². The molecule has 0 amide bonds. The Morgan fingerprint density at radius 3 is 2.47 bits per heavy atom. The molecule has 0 atom stereocenters. The minimum absolute atomic E-state index is 0.469. The van der Waals surface area contributed by atoms with E-state index in [0.29, 0.717) is 11.7 Å². The summed E-state index contributed by atoms with van der Waals surface area (Å²) in [6.07, 6.45) is 2.41. The first-order valence-electron chi connectivity index (χ1n) is 5.63. The van der Waals surface area contributed by atoms with Gasteiger partial charge in [-0.1, -0.05) is 23.7 Å². The second kappa shape index (κ2) is 4.00. The maximum atomic E-state index is 5.87. The molecule has 0 aliphatic heterocycles. The van der Waals surface area contributed by atoms with Crippen LogP contribution in [0.3, 0.4) is 0 Å². The monoisotopic (exact) mass is 245 g/mol. The van der Waals surface area contributed by atoms with Gasteiger partial charge in [-0.3, -0.25) is 0 Å². The molecular formula is C13H12ClN3. The van der Waals surface area contributed by atoms with Gasteiger partial charge in [0.05, 0.1) is 5.69 Å². The molecule has 0 spiro atoms. The lowest BCUT2D eigenvalue weighted by Crippen LogP contribution is -1.99. The molecule has 1 aliphatic rings. The normalized spacial score (nSPS) is 14.9. The van der Waals surface area contributed by atoms with Crippen molar-refractivity contribution in [3.8, 4) is 11.1 Å². The first-order valence-corrected chi connectivity index (χ1v) is 6.01. The molecule has 1 aromatic heterocycles. The Bertz CT molecular complexity index is 547. The number of nitrogens with zero attached hydrogens (tertiary/aromatic N) is 2. The number of aromatic nitrogens is 2. The molecule has 3 nitrogen and oxygen atoms in total. The topological polar surface area (TPSA) is 51.8 Å². The summed E-state index contributed by atoms with van der Waals surface area (Å²) in [5.74, 6) is 1.05. The summed E-state index contributed by atoms with van der Waals surface area (Å²) < 4.78 is 0. The Morgan fingerprint density at radius 2 is 1.82 bits per heavy atom. The highest BCUT2D eigenvalue weighted by Gasteiger charge is 2.26. The molecular weight excluding hydrogens is 234 g/mol. The summed E-state index contributed by atoms with van der Waals surface area (Å²) in [6.45, 7) is 0. The van der Waals surface area contributed by atoms with Crippen LogP contribution in [0.5, 0.6) is 0 Å². The van der Waals surface area contributed by atoms with Crippen molar-refractivity contribution in [2.75, 3.05) is 5.73 Å². The molecule has 1 fully saturated rings. The summed E-state index contributed by atoms with van der Waals surface area (Å²) in [7, 11) is 0. The van der Waals surface area contributed by atoms with E-state index in [9.17, 15) is 0 Å². The zero-order chi connectivity index (χ0) is 11.8. The average Bonchev–Trinajstić information content (AvgIpc) is 3.15. The standard InChI is InChI=1S/C13H12ClN3/c14-10-5-3-8(4-6-10)11-7-12(9-1-2-9)16-17-13(11)15/h3-7,9H,1-2H2,(H2,15,17). The lowest BCUT2D eigenvalue weighted by atomic mass is 10.1. The predicted octanol–water partition coefficient (Wildman–Crippen LogP) is 3.26. The predicted molar refractivity (Wildman–Crippen MR) is 68.9 cm³/mol. The summed E-state index contributed by atoms with van der Waals surface area (Å²) >= 11 is 5.87. The highest BCUT2D eigenvalue weighted by Crippen LogP contribution is 2.40. The van der Waals surface area contributed by atoms with Gasteiger partial charge in [0.1, 0.15) is 0 Å². The summed E-state index contributed by atoms with van der Waals surface area (Å²) in [6, 6.07) is 9.66. The number of hydrogen-bond donors (Lipinski definition) is 1. The number of anilines is 1. The third kappa shape index (κ3) is 2.11. The van der Waals surface area contributed by atoms with Crippen molar-refractivity contribution in [3.63, 3.8) is 0 Å². The van der Waals surface area contributed by atoms with Crippen LogP contribution in [-0.4, -0.2) is 10.2 Å². The van der Waals surface area contributed by atoms with Gasteiger partial charge in [-0.15, -0.1) is 5.10 Å². The van der Waals surface area contributed by atoms with Crippen LogP contribution in [0.2, 0.25) is 5.02 Å². The average molecular weight is 246 g/mol. The molecule has 2 N–H and O–H groups in total. The summed E-state index contributed by atoms with van der Waals surface area (Å²) in [4.78, 5) is 0. The Morgan fingerprint density at radius 1 is 1.12 bits per heavy atom. The minimum Gasteiger partial charge on any atom is -0.382 e. The minimum atomic E-state index is 0.469. The molecule has 0 bridgehead atoms. The number of rotatable bonds is 2. The Kier molecular flexibility index (Phi) is 2.48. The van der Waals surface area contributed by atoms with Gasteiger partial charge >= 0.3 is 0 Å². The number of nitrogen functional groups attached to an aromatic ring is 1. The number of benzene rings is 1. The third-order valence-corrected chi connectivity index (χ3v) is 3.24. The van der Waals surface area contributed by atoms with E-state index in [2.05, 4.69) is 10.2 Å². The van der Waals surface area contributed by atoms with Crippen molar-refractivity contribution in [1.82, 2.24) is 10.2 Å². The fraction of sp³-hybridized carbons (Fsp3) is 0.231. The van der Waals surface area contributed by atoms with Gasteiger partial charge in [-0.25, -0.2) is 0 Å². The highest BCUT2D eigenvalue weighted by molar-refractivity contribution is 6.30. The van der Waals surface area contributed by atoms with Crippen LogP contribution >= 0.6 is 11.6 Å². The SMILES string of the molecule is Nc1nnc(C2CC2)cc1-c1ccc(Cl)cc1. The maximum absolute atomic E-state index is 5.87. The van der Waals surface area contributed by atoms with Crippen LogP contribution in [0.25, 0.3) is 11.1 Å². The Labute approximate surface area is 105 Å². The van der Waals surface area contributed by atoms with Gasteiger partial charge in [0.25, 0.3) is 0 Å². The number of halogens is 1. The zero-order valence-corrected chi connectivity index (χ0v) is 9.98. The van der Waals surface area contributed by atoms with Crippen molar-refractivity contribution in [2.45, 2.75) is 18.8 Å². The van der Waals surface area contributed by atoms with Crippen molar-refractivity contribution in [2.24, 2.45) is 0 Å². The second-order valence-corrected chi connectivity index (χ2v) is 4.79. The van der Waals surface area contributed by atoms with Crippen LogP contribution in [0.4, 0.5) is 5.82 Å². The molecule has 0 unspecified atom stereocenters. The smallest absolute Gasteiger partial charge is 0.153 e. The highest BCUT2D eigenvalue weighted by atomic mass is 35.5. The van der Waals surface area contributed by atoms with Crippen LogP contribution < -0.4 is 5.73 Å². The van der Waals surface area contributed by atoms with E-state index in [-0.39, 0.29) is 0 Å². The summed E-state index contributed by atoms with van der Waals surface area (Å²) in [5.41, 5.74) is 8.89. The third-order valence-electron chi connectivity index (χ3n) is 2.99. The van der Waals surface area contributed by atoms with Crippen LogP contribution in [0.15, 0.2) is 30.3 Å². The summed E-state index contributed by atoms with van der Waals surface area (Å²) in [5, 5.41) is 8.90. The Hall–Kier alpha value is -1.61. The fourth-order valence-corrected chi connectivity index (χ4v) is 1.98. The van der Waals surface area contributed by atoms with Gasteiger partial charge in [0, 0.05) is 16.5 Å². The molecule has 0 radical (unpaired) electrons. The second-order valence-electron chi connectivity index (χ2n) is 4.35. The fourth-order valence-electron chi connectivity index (χ4n) is 1.86. The quantitative estimate of drug-likeness (QED) is 0.884. The Balaban J connectivity index is 2.05. The molecule has 1 aromatic carbocycles. The van der Waals surface area contributed by atoms with Crippen molar-refractivity contribution >= 4 is 17.4 Å². The first kappa shape index (κ1) is 10.5. The molecule has 3 rings (SSSR count). The lowest BCUT2D eigenvalue weighted by molar-refractivity contribution is 0.919. The van der Waals surface area contributed by atoms with Crippen LogP contribution in [-0.2, 0) is 0 Å². The molecule has 2 aromatic rings. The van der Waals surface area contributed by atoms with Gasteiger partial charge in [-0.05, 0) is 36.6 Å². The molecule has 1 heterocycles. The van der Waals surface area contributed by atoms with Crippen LogP contribution in [0.1, 0.15) is 24.5 Å². The maximum Gasteiger partial charge on any atom is 0.153 e. The van der Waals surface area contributed by atoms with E-state index in [1.54, 1.807) is 0 Å². The van der Waals surface area contributed by atoms with E-state index in [0.717, 1.165) is 21.8 Å². The van der Waals surface area contributed by atoms with Gasteiger partial charge in [0.2, 0.25) is 0 Å². The lowest BCUT2D eigenvalue weighted by Gasteiger charge is -2.06. The van der Waals surface area contributed by atoms with Gasteiger partial charge in [0.15, 0.2) is 5.82 Å². The van der Waals surface area contributed by atoms with E-state index >= 15 is 0 Å². The largest absolute Gasteiger partial charge is 0.382 e. The first-order chi connectivity index (χ1) is 8.24.